The molecule has 0 aliphatic carbocycles. The van der Waals surface area contributed by atoms with E-state index in [0.29, 0.717) is 6.61 Å². The van der Waals surface area contributed by atoms with E-state index in [2.05, 4.69) is 20.2 Å². The molecule has 3 nitrogen and oxygen atoms in total. The van der Waals surface area contributed by atoms with Crippen LogP contribution in [0.1, 0.15) is 13.3 Å². The number of carbonyl (C=O) groups is 1. The van der Waals surface area contributed by atoms with Crippen molar-refractivity contribution in [3.63, 3.8) is 0 Å². The lowest BCUT2D eigenvalue weighted by Gasteiger charge is -2.33. The van der Waals surface area contributed by atoms with Crippen LogP contribution in [-0.4, -0.2) is 44.2 Å². The topological polar surface area (TPSA) is 26.3 Å². The molecule has 0 aromatic heterocycles. The highest BCUT2D eigenvalue weighted by Gasteiger charge is 2.29. The van der Waals surface area contributed by atoms with Gasteiger partial charge in [0, 0.05) is 0 Å². The fourth-order valence-corrected chi connectivity index (χ4v) is 1.64. The molecule has 4 heteroatoms. The Balaban J connectivity index is 0.00000196. The van der Waals surface area contributed by atoms with Crippen molar-refractivity contribution in [1.29, 1.82) is 0 Å². The number of quaternary nitrogens is 1. The fourth-order valence-electron chi connectivity index (χ4n) is 1.64. The van der Waals surface area contributed by atoms with Crippen LogP contribution < -0.4 is 24.0 Å². The van der Waals surface area contributed by atoms with Gasteiger partial charge in [-0.05, 0) is 12.5 Å². The van der Waals surface area contributed by atoms with Crippen molar-refractivity contribution in [2.45, 2.75) is 13.3 Å². The Morgan fingerprint density at radius 1 is 1.53 bits per heavy atom. The van der Waals surface area contributed by atoms with Crippen molar-refractivity contribution in [1.82, 2.24) is 0 Å². The minimum atomic E-state index is -0.0750. The molecule has 1 unspecified atom stereocenters. The quantitative estimate of drug-likeness (QED) is 0.265. The van der Waals surface area contributed by atoms with Gasteiger partial charge in [-0.3, -0.25) is 4.79 Å². The molecule has 0 N–H and O–H groups in total. The summed E-state index contributed by atoms with van der Waals surface area (Å²) in [6.45, 7) is 4.39. The lowest BCUT2D eigenvalue weighted by Crippen LogP contribution is -3.00. The Hall–Kier alpha value is -0.100. The van der Waals surface area contributed by atoms with Crippen LogP contribution in [0.4, 0.5) is 0 Å². The first-order valence-corrected chi connectivity index (χ1v) is 5.20. The molecular weight excluding hydrogens is 305 g/mol. The standard InChI is InChI=1S/C11H20NO2.HI/c1-4-8-14-11(13)10-6-5-7-12(2,3)9-10;/h5-6,10H,4,7-9H2,1-3H3;1H/q+1;/p-1. The third kappa shape index (κ3) is 4.97. The first-order chi connectivity index (χ1) is 6.55. The van der Waals surface area contributed by atoms with Gasteiger partial charge in [0.25, 0.3) is 0 Å². The van der Waals surface area contributed by atoms with Crippen LogP contribution in [0, 0.1) is 5.92 Å². The highest BCUT2D eigenvalue weighted by Crippen LogP contribution is 2.14. The van der Waals surface area contributed by atoms with Gasteiger partial charge in [-0.2, -0.15) is 0 Å². The number of halogens is 1. The van der Waals surface area contributed by atoms with E-state index in [1.54, 1.807) is 0 Å². The van der Waals surface area contributed by atoms with E-state index in [1.165, 1.54) is 0 Å². The number of ether oxygens (including phenoxy) is 1. The minimum absolute atomic E-state index is 0. The second kappa shape index (κ2) is 6.48. The zero-order valence-corrected chi connectivity index (χ0v) is 11.9. The summed E-state index contributed by atoms with van der Waals surface area (Å²) in [4.78, 5) is 11.6. The number of hydrogen-bond acceptors (Lipinski definition) is 2. The van der Waals surface area contributed by atoms with E-state index in [-0.39, 0.29) is 35.9 Å². The molecule has 0 aromatic rings. The van der Waals surface area contributed by atoms with Gasteiger partial charge in [-0.15, -0.1) is 0 Å². The summed E-state index contributed by atoms with van der Waals surface area (Å²) in [6.07, 6.45) is 4.93. The molecule has 0 amide bonds. The van der Waals surface area contributed by atoms with E-state index < -0.39 is 0 Å². The maximum absolute atomic E-state index is 11.6. The van der Waals surface area contributed by atoms with Crippen molar-refractivity contribution in [2.75, 3.05) is 33.8 Å². The molecular formula is C11H20INO2. The molecule has 1 atom stereocenters. The van der Waals surface area contributed by atoms with Gasteiger partial charge in [-0.25, -0.2) is 0 Å². The number of hydrogen-bond donors (Lipinski definition) is 0. The second-order valence-corrected chi connectivity index (χ2v) is 4.50. The van der Waals surface area contributed by atoms with Crippen molar-refractivity contribution in [3.8, 4) is 0 Å². The van der Waals surface area contributed by atoms with Crippen molar-refractivity contribution < 1.29 is 38.0 Å². The van der Waals surface area contributed by atoms with Gasteiger partial charge in [0.1, 0.15) is 5.92 Å². The van der Waals surface area contributed by atoms with E-state index in [9.17, 15) is 4.79 Å². The monoisotopic (exact) mass is 325 g/mol. The first-order valence-electron chi connectivity index (χ1n) is 5.20. The average molecular weight is 325 g/mol. The number of carbonyl (C=O) groups excluding carboxylic acids is 1. The SMILES string of the molecule is CCCOC(=O)C1C=CC[N+](C)(C)C1.[I-]. The number of nitrogens with zero attached hydrogens (tertiary/aromatic N) is 1. The fraction of sp³-hybridized carbons (Fsp3) is 0.727. The zero-order valence-electron chi connectivity index (χ0n) is 9.70. The van der Waals surface area contributed by atoms with Crippen LogP contribution >= 0.6 is 0 Å². The summed E-state index contributed by atoms with van der Waals surface area (Å²) in [5.41, 5.74) is 0. The van der Waals surface area contributed by atoms with E-state index in [1.807, 2.05) is 13.0 Å². The normalized spacial score (nSPS) is 23.0. The van der Waals surface area contributed by atoms with E-state index in [0.717, 1.165) is 24.0 Å². The molecule has 0 saturated carbocycles. The van der Waals surface area contributed by atoms with Gasteiger partial charge >= 0.3 is 5.97 Å². The van der Waals surface area contributed by atoms with Crippen LogP contribution in [0.15, 0.2) is 12.2 Å². The molecule has 88 valence electrons. The molecule has 0 saturated heterocycles. The van der Waals surface area contributed by atoms with Crippen LogP contribution in [0.5, 0.6) is 0 Å². The Labute approximate surface area is 109 Å². The summed E-state index contributed by atoms with van der Waals surface area (Å²) in [7, 11) is 4.26. The van der Waals surface area contributed by atoms with Crippen molar-refractivity contribution in [2.24, 2.45) is 5.92 Å². The highest BCUT2D eigenvalue weighted by atomic mass is 127. The molecule has 0 fully saturated rings. The number of likely N-dealkylation sites (N-methyl/N-ethyl adjacent to an activating group) is 1. The summed E-state index contributed by atoms with van der Waals surface area (Å²) < 4.78 is 5.99. The highest BCUT2D eigenvalue weighted by molar-refractivity contribution is 5.74. The lowest BCUT2D eigenvalue weighted by molar-refractivity contribution is -0.887. The number of esters is 1. The Morgan fingerprint density at radius 2 is 2.20 bits per heavy atom. The Kier molecular flexibility index (Phi) is 6.43. The molecule has 0 bridgehead atoms. The lowest BCUT2D eigenvalue weighted by atomic mass is 10.0. The predicted octanol–water partition coefficient (Wildman–Crippen LogP) is -1.79. The third-order valence-electron chi connectivity index (χ3n) is 2.41. The van der Waals surface area contributed by atoms with E-state index in [4.69, 9.17) is 4.74 Å². The van der Waals surface area contributed by atoms with Crippen molar-refractivity contribution >= 4 is 5.97 Å². The summed E-state index contributed by atoms with van der Waals surface area (Å²) in [5.74, 6) is -0.126. The van der Waals surface area contributed by atoms with Crippen LogP contribution in [0.3, 0.4) is 0 Å². The smallest absolute Gasteiger partial charge is 0.318 e. The van der Waals surface area contributed by atoms with Gasteiger partial charge < -0.3 is 33.2 Å². The maximum Gasteiger partial charge on any atom is 0.318 e. The largest absolute Gasteiger partial charge is 1.00 e. The predicted molar refractivity (Wildman–Crippen MR) is 55.7 cm³/mol. The minimum Gasteiger partial charge on any atom is -1.00 e. The van der Waals surface area contributed by atoms with Gasteiger partial charge in [-0.1, -0.05) is 13.0 Å². The molecule has 0 spiro atoms. The van der Waals surface area contributed by atoms with Crippen molar-refractivity contribution in [3.05, 3.63) is 12.2 Å². The Morgan fingerprint density at radius 3 is 2.73 bits per heavy atom. The van der Waals surface area contributed by atoms with Gasteiger partial charge in [0.05, 0.1) is 33.8 Å². The van der Waals surface area contributed by atoms with Crippen LogP contribution in [-0.2, 0) is 9.53 Å². The summed E-state index contributed by atoms with van der Waals surface area (Å²) >= 11 is 0. The van der Waals surface area contributed by atoms with Gasteiger partial charge in [0.2, 0.25) is 0 Å². The second-order valence-electron chi connectivity index (χ2n) is 4.50. The summed E-state index contributed by atoms with van der Waals surface area (Å²) in [5, 5.41) is 0. The summed E-state index contributed by atoms with van der Waals surface area (Å²) in [6, 6.07) is 0. The molecule has 1 aliphatic rings. The molecule has 0 aromatic carbocycles. The Bertz CT molecular complexity index is 239. The average Bonchev–Trinajstić information content (AvgIpc) is 2.12. The third-order valence-corrected chi connectivity index (χ3v) is 2.41. The zero-order chi connectivity index (χ0) is 10.6. The molecule has 1 aliphatic heterocycles. The molecule has 0 radical (unpaired) electrons. The van der Waals surface area contributed by atoms with Crippen LogP contribution in [0.25, 0.3) is 0 Å². The van der Waals surface area contributed by atoms with Crippen LogP contribution in [0.2, 0.25) is 0 Å². The maximum atomic E-state index is 11.6. The first kappa shape index (κ1) is 14.9. The van der Waals surface area contributed by atoms with E-state index >= 15 is 0 Å². The molecule has 15 heavy (non-hydrogen) atoms. The molecule has 1 heterocycles. The molecule has 1 rings (SSSR count). The number of rotatable bonds is 3. The van der Waals surface area contributed by atoms with Gasteiger partial charge in [0.15, 0.2) is 0 Å².